The predicted octanol–water partition coefficient (Wildman–Crippen LogP) is 1.68. The van der Waals surface area contributed by atoms with Crippen LogP contribution in [0, 0.1) is 0 Å². The number of carbonyl (C=O) groups is 1. The zero-order valence-corrected chi connectivity index (χ0v) is 6.57. The number of nitrogens with one attached hydrogen (secondary N) is 1. The van der Waals surface area contributed by atoms with E-state index in [0.29, 0.717) is 0 Å². The van der Waals surface area contributed by atoms with Crippen LogP contribution in [0.15, 0.2) is 0 Å². The lowest BCUT2D eigenvalue weighted by Gasteiger charge is -2.06. The highest BCUT2D eigenvalue weighted by Gasteiger charge is 2.25. The molecule has 1 N–H and O–H groups in total. The molecule has 0 aliphatic heterocycles. The van der Waals surface area contributed by atoms with Crippen molar-refractivity contribution < 1.29 is 22.7 Å². The van der Waals surface area contributed by atoms with Gasteiger partial charge >= 0.3 is 12.3 Å². The molecule has 0 atom stereocenters. The first kappa shape index (κ1) is 11.1. The van der Waals surface area contributed by atoms with Gasteiger partial charge < -0.3 is 10.1 Å². The van der Waals surface area contributed by atoms with E-state index in [1.54, 1.807) is 0 Å². The monoisotopic (exact) mass is 185 g/mol. The number of halogens is 3. The molecule has 0 heterocycles. The Morgan fingerprint density at radius 3 is 2.50 bits per heavy atom. The molecule has 0 aromatic rings. The fourth-order valence-corrected chi connectivity index (χ4v) is 0.551. The van der Waals surface area contributed by atoms with E-state index < -0.39 is 18.7 Å². The van der Waals surface area contributed by atoms with Gasteiger partial charge in [-0.3, -0.25) is 0 Å². The van der Waals surface area contributed by atoms with Crippen molar-refractivity contribution >= 4 is 6.09 Å². The molecule has 12 heavy (non-hydrogen) atoms. The Labute approximate surface area is 67.9 Å². The van der Waals surface area contributed by atoms with Crippen molar-refractivity contribution in [3.8, 4) is 0 Å². The van der Waals surface area contributed by atoms with E-state index >= 15 is 0 Å². The number of alkyl halides is 3. The van der Waals surface area contributed by atoms with Gasteiger partial charge in [0.1, 0.15) is 0 Å². The second kappa shape index (κ2) is 4.84. The summed E-state index contributed by atoms with van der Waals surface area (Å²) >= 11 is 0. The van der Waals surface area contributed by atoms with Crippen LogP contribution in [0.3, 0.4) is 0 Å². The molecule has 1 amide bonds. The molecule has 0 aromatic carbocycles. The zero-order chi connectivity index (χ0) is 9.61. The molecule has 0 bridgehead atoms. The van der Waals surface area contributed by atoms with Crippen LogP contribution in [-0.4, -0.2) is 25.9 Å². The zero-order valence-electron chi connectivity index (χ0n) is 6.57. The summed E-state index contributed by atoms with van der Waals surface area (Å²) < 4.78 is 38.7. The number of ether oxygens (including phenoxy) is 1. The first-order valence-corrected chi connectivity index (χ1v) is 3.34. The Morgan fingerprint density at radius 1 is 1.50 bits per heavy atom. The Morgan fingerprint density at radius 2 is 2.08 bits per heavy atom. The van der Waals surface area contributed by atoms with Crippen molar-refractivity contribution in [3.63, 3.8) is 0 Å². The van der Waals surface area contributed by atoms with Gasteiger partial charge in [0.25, 0.3) is 0 Å². The molecule has 0 saturated carbocycles. The molecular weight excluding hydrogens is 175 g/mol. The van der Waals surface area contributed by atoms with E-state index in [2.05, 4.69) is 10.1 Å². The second-order valence-corrected chi connectivity index (χ2v) is 2.14. The van der Waals surface area contributed by atoms with Crippen LogP contribution in [0.2, 0.25) is 0 Å². The molecule has 0 unspecified atom stereocenters. The summed E-state index contributed by atoms with van der Waals surface area (Å²) in [6, 6.07) is 0. The summed E-state index contributed by atoms with van der Waals surface area (Å²) in [6.07, 6.45) is -5.88. The average molecular weight is 185 g/mol. The molecule has 0 spiro atoms. The average Bonchev–Trinajstić information content (AvgIpc) is 1.96. The topological polar surface area (TPSA) is 38.3 Å². The Balaban J connectivity index is 3.28. The number of hydrogen-bond acceptors (Lipinski definition) is 2. The molecule has 0 aliphatic carbocycles. The Kier molecular flexibility index (Phi) is 4.46. The first-order chi connectivity index (χ1) is 5.45. The molecule has 0 aliphatic rings. The fraction of sp³-hybridized carbons (Fsp3) is 0.833. The lowest BCUT2D eigenvalue weighted by Crippen LogP contribution is -2.25. The highest BCUT2D eigenvalue weighted by Crippen LogP contribution is 2.20. The Bertz CT molecular complexity index is 146. The third-order valence-corrected chi connectivity index (χ3v) is 1.09. The minimum absolute atomic E-state index is 0.0216. The normalized spacial score (nSPS) is 11.0. The van der Waals surface area contributed by atoms with Gasteiger partial charge in [-0.25, -0.2) is 4.79 Å². The molecule has 0 rings (SSSR count). The van der Waals surface area contributed by atoms with Crippen LogP contribution < -0.4 is 5.32 Å². The van der Waals surface area contributed by atoms with Crippen molar-refractivity contribution in [2.75, 3.05) is 13.7 Å². The fourth-order valence-electron chi connectivity index (χ4n) is 0.551. The first-order valence-electron chi connectivity index (χ1n) is 3.34. The van der Waals surface area contributed by atoms with Gasteiger partial charge in [0, 0.05) is 13.0 Å². The summed E-state index contributed by atoms with van der Waals surface area (Å²) in [7, 11) is 1.15. The quantitative estimate of drug-likeness (QED) is 0.679. The maximum Gasteiger partial charge on any atom is 0.406 e. The van der Waals surface area contributed by atoms with Gasteiger partial charge in [-0.05, 0) is 6.42 Å². The summed E-state index contributed by atoms with van der Waals surface area (Å²) in [5.41, 5.74) is 0. The molecule has 0 radical (unpaired) electrons. The van der Waals surface area contributed by atoms with E-state index in [9.17, 15) is 18.0 Å². The summed E-state index contributed by atoms with van der Waals surface area (Å²) in [6.45, 7) is -0.0216. The molecule has 0 aromatic heterocycles. The second-order valence-electron chi connectivity index (χ2n) is 2.14. The standard InChI is InChI=1S/C6H10F3NO2/c1-12-5(11)10-4-2-3-6(7,8)9/h2-4H2,1H3,(H,10,11). The van der Waals surface area contributed by atoms with E-state index in [-0.39, 0.29) is 13.0 Å². The van der Waals surface area contributed by atoms with Crippen LogP contribution in [0.5, 0.6) is 0 Å². The minimum atomic E-state index is -4.15. The third-order valence-electron chi connectivity index (χ3n) is 1.09. The lowest BCUT2D eigenvalue weighted by atomic mass is 10.3. The smallest absolute Gasteiger partial charge is 0.406 e. The van der Waals surface area contributed by atoms with Gasteiger partial charge in [0.05, 0.1) is 7.11 Å². The van der Waals surface area contributed by atoms with Gasteiger partial charge in [-0.1, -0.05) is 0 Å². The predicted molar refractivity (Wildman–Crippen MR) is 35.7 cm³/mol. The van der Waals surface area contributed by atoms with Crippen LogP contribution in [0.1, 0.15) is 12.8 Å². The number of methoxy groups -OCH3 is 1. The summed E-state index contributed by atoms with van der Waals surface area (Å²) in [5.74, 6) is 0. The van der Waals surface area contributed by atoms with Crippen LogP contribution in [0.4, 0.5) is 18.0 Å². The summed E-state index contributed by atoms with van der Waals surface area (Å²) in [5, 5.41) is 2.14. The number of hydrogen-bond donors (Lipinski definition) is 1. The number of rotatable bonds is 3. The van der Waals surface area contributed by atoms with E-state index in [4.69, 9.17) is 0 Å². The van der Waals surface area contributed by atoms with Gasteiger partial charge in [0.15, 0.2) is 0 Å². The van der Waals surface area contributed by atoms with E-state index in [0.717, 1.165) is 7.11 Å². The molecular formula is C6H10F3NO2. The number of carbonyl (C=O) groups excluding carboxylic acids is 1. The maximum atomic E-state index is 11.5. The molecule has 0 saturated heterocycles. The van der Waals surface area contributed by atoms with Crippen LogP contribution >= 0.6 is 0 Å². The van der Waals surface area contributed by atoms with Crippen molar-refractivity contribution in [1.29, 1.82) is 0 Å². The lowest BCUT2D eigenvalue weighted by molar-refractivity contribution is -0.135. The SMILES string of the molecule is COC(=O)NCCCC(F)(F)F. The minimum Gasteiger partial charge on any atom is -0.453 e. The molecule has 72 valence electrons. The van der Waals surface area contributed by atoms with E-state index in [1.165, 1.54) is 0 Å². The van der Waals surface area contributed by atoms with Crippen molar-refractivity contribution in [2.45, 2.75) is 19.0 Å². The van der Waals surface area contributed by atoms with Gasteiger partial charge in [0.2, 0.25) is 0 Å². The summed E-state index contributed by atoms with van der Waals surface area (Å²) in [4.78, 5) is 10.3. The van der Waals surface area contributed by atoms with Crippen molar-refractivity contribution in [2.24, 2.45) is 0 Å². The van der Waals surface area contributed by atoms with Crippen molar-refractivity contribution in [1.82, 2.24) is 5.32 Å². The maximum absolute atomic E-state index is 11.5. The van der Waals surface area contributed by atoms with Crippen molar-refractivity contribution in [3.05, 3.63) is 0 Å². The van der Waals surface area contributed by atoms with E-state index in [1.807, 2.05) is 0 Å². The number of alkyl carbamates (subject to hydrolysis) is 1. The third kappa shape index (κ3) is 7.17. The van der Waals surface area contributed by atoms with Crippen LogP contribution in [-0.2, 0) is 4.74 Å². The van der Waals surface area contributed by atoms with Gasteiger partial charge in [-0.2, -0.15) is 13.2 Å². The highest BCUT2D eigenvalue weighted by atomic mass is 19.4. The van der Waals surface area contributed by atoms with Gasteiger partial charge in [-0.15, -0.1) is 0 Å². The molecule has 3 nitrogen and oxygen atoms in total. The Hall–Kier alpha value is -0.940. The largest absolute Gasteiger partial charge is 0.453 e. The van der Waals surface area contributed by atoms with Crippen LogP contribution in [0.25, 0.3) is 0 Å². The number of amides is 1. The molecule has 6 heteroatoms. The molecule has 0 fully saturated rings. The highest BCUT2D eigenvalue weighted by molar-refractivity contribution is 5.66.